The van der Waals surface area contributed by atoms with Gasteiger partial charge in [-0.25, -0.2) is 4.98 Å². The molecular weight excluding hydrogens is 276 g/mol. The van der Waals surface area contributed by atoms with E-state index >= 15 is 0 Å². The molecule has 0 saturated carbocycles. The molecule has 2 rings (SSSR count). The minimum atomic E-state index is -0.143. The summed E-state index contributed by atoms with van der Waals surface area (Å²) < 4.78 is 10.3. The van der Waals surface area contributed by atoms with Gasteiger partial charge in [-0.1, -0.05) is 6.07 Å². The van der Waals surface area contributed by atoms with Gasteiger partial charge in [-0.2, -0.15) is 0 Å². The Morgan fingerprint density at radius 3 is 3.20 bits per heavy atom. The molecule has 0 atom stereocenters. The van der Waals surface area contributed by atoms with Gasteiger partial charge in [0.1, 0.15) is 6.26 Å². The quantitative estimate of drug-likeness (QED) is 0.599. The highest BCUT2D eigenvalue weighted by atomic mass is 32.1. The van der Waals surface area contributed by atoms with Gasteiger partial charge in [-0.05, 0) is 31.3 Å². The predicted octanol–water partition coefficient (Wildman–Crippen LogP) is 2.84. The number of nitrogens with one attached hydrogen (secondary N) is 1. The number of hydrogen-bond acceptors (Lipinski definition) is 6. The van der Waals surface area contributed by atoms with Crippen LogP contribution in [0.2, 0.25) is 0 Å². The van der Waals surface area contributed by atoms with Gasteiger partial charge in [-0.3, -0.25) is 4.79 Å². The van der Waals surface area contributed by atoms with E-state index in [0.29, 0.717) is 25.5 Å². The standard InChI is InChI=1S/C14H18N2O3S/c1-2-18-13(17)6-3-7-15-9-11-10-19-14(16-11)12-5-4-8-20-12/h4-5,8,10,15H,2-3,6-7,9H2,1H3. The van der Waals surface area contributed by atoms with Crippen LogP contribution in [0.25, 0.3) is 10.8 Å². The van der Waals surface area contributed by atoms with Crippen LogP contribution in [-0.4, -0.2) is 24.1 Å². The zero-order chi connectivity index (χ0) is 14.2. The van der Waals surface area contributed by atoms with E-state index in [4.69, 9.17) is 9.15 Å². The Kier molecular flexibility index (Phi) is 5.76. The molecule has 2 aromatic heterocycles. The van der Waals surface area contributed by atoms with Crippen LogP contribution in [0.1, 0.15) is 25.5 Å². The predicted molar refractivity (Wildman–Crippen MR) is 77.4 cm³/mol. The molecule has 1 N–H and O–H groups in total. The minimum absolute atomic E-state index is 0.143. The van der Waals surface area contributed by atoms with Crippen molar-refractivity contribution in [2.45, 2.75) is 26.3 Å². The Balaban J connectivity index is 1.66. The molecule has 0 spiro atoms. The first kappa shape index (κ1) is 14.7. The maximum atomic E-state index is 11.1. The molecule has 0 saturated heterocycles. The molecular formula is C14H18N2O3S. The van der Waals surface area contributed by atoms with Gasteiger partial charge in [0, 0.05) is 13.0 Å². The first-order chi connectivity index (χ1) is 9.79. The van der Waals surface area contributed by atoms with Crippen LogP contribution in [0.5, 0.6) is 0 Å². The summed E-state index contributed by atoms with van der Waals surface area (Å²) in [7, 11) is 0. The number of thiophene rings is 1. The highest BCUT2D eigenvalue weighted by Crippen LogP contribution is 2.23. The molecule has 2 heterocycles. The van der Waals surface area contributed by atoms with Gasteiger partial charge in [0.25, 0.3) is 0 Å². The lowest BCUT2D eigenvalue weighted by atomic mass is 10.3. The van der Waals surface area contributed by atoms with Gasteiger partial charge < -0.3 is 14.5 Å². The minimum Gasteiger partial charge on any atom is -0.466 e. The molecule has 0 aromatic carbocycles. The molecule has 2 aromatic rings. The zero-order valence-electron chi connectivity index (χ0n) is 11.4. The fourth-order valence-corrected chi connectivity index (χ4v) is 2.36. The molecule has 0 radical (unpaired) electrons. The van der Waals surface area contributed by atoms with Crippen molar-refractivity contribution in [2.75, 3.05) is 13.2 Å². The van der Waals surface area contributed by atoms with Crippen molar-refractivity contribution in [1.82, 2.24) is 10.3 Å². The van der Waals surface area contributed by atoms with Gasteiger partial charge in [-0.15, -0.1) is 11.3 Å². The molecule has 0 fully saturated rings. The second-order valence-corrected chi connectivity index (χ2v) is 5.15. The second kappa shape index (κ2) is 7.81. The van der Waals surface area contributed by atoms with Gasteiger partial charge >= 0.3 is 5.97 Å². The van der Waals surface area contributed by atoms with Crippen molar-refractivity contribution in [1.29, 1.82) is 0 Å². The van der Waals surface area contributed by atoms with Gasteiger partial charge in [0.05, 0.1) is 17.2 Å². The maximum Gasteiger partial charge on any atom is 0.305 e. The number of nitrogens with zero attached hydrogens (tertiary/aromatic N) is 1. The highest BCUT2D eigenvalue weighted by molar-refractivity contribution is 7.13. The number of esters is 1. The fourth-order valence-electron chi connectivity index (χ4n) is 1.71. The third-order valence-electron chi connectivity index (χ3n) is 2.63. The number of aromatic nitrogens is 1. The van der Waals surface area contributed by atoms with Crippen LogP contribution < -0.4 is 5.32 Å². The number of carbonyl (C=O) groups excluding carboxylic acids is 1. The number of ether oxygens (including phenoxy) is 1. The maximum absolute atomic E-state index is 11.1. The van der Waals surface area contributed by atoms with Crippen LogP contribution >= 0.6 is 11.3 Å². The average Bonchev–Trinajstić information content (AvgIpc) is 3.09. The lowest BCUT2D eigenvalue weighted by molar-refractivity contribution is -0.143. The monoisotopic (exact) mass is 294 g/mol. The molecule has 5 nitrogen and oxygen atoms in total. The number of rotatable bonds is 8. The Morgan fingerprint density at radius 2 is 2.45 bits per heavy atom. The van der Waals surface area contributed by atoms with Crippen molar-refractivity contribution in [2.24, 2.45) is 0 Å². The summed E-state index contributed by atoms with van der Waals surface area (Å²) in [5.41, 5.74) is 0.865. The van der Waals surface area contributed by atoms with Crippen molar-refractivity contribution in [3.63, 3.8) is 0 Å². The van der Waals surface area contributed by atoms with E-state index < -0.39 is 0 Å². The van der Waals surface area contributed by atoms with E-state index in [0.717, 1.165) is 23.5 Å². The number of carbonyl (C=O) groups is 1. The normalized spacial score (nSPS) is 10.7. The zero-order valence-corrected chi connectivity index (χ0v) is 12.2. The highest BCUT2D eigenvalue weighted by Gasteiger charge is 2.07. The van der Waals surface area contributed by atoms with Gasteiger partial charge in [0.2, 0.25) is 5.89 Å². The fraction of sp³-hybridized carbons (Fsp3) is 0.429. The molecule has 0 unspecified atom stereocenters. The molecule has 20 heavy (non-hydrogen) atoms. The third kappa shape index (κ3) is 4.47. The molecule has 6 heteroatoms. The Labute approximate surface area is 122 Å². The van der Waals surface area contributed by atoms with E-state index in [9.17, 15) is 4.79 Å². The largest absolute Gasteiger partial charge is 0.466 e. The van der Waals surface area contributed by atoms with Crippen LogP contribution in [0.3, 0.4) is 0 Å². The number of hydrogen-bond donors (Lipinski definition) is 1. The van der Waals surface area contributed by atoms with Crippen LogP contribution in [0.15, 0.2) is 28.2 Å². The van der Waals surface area contributed by atoms with Crippen molar-refractivity contribution in [3.05, 3.63) is 29.5 Å². The molecule has 0 bridgehead atoms. The van der Waals surface area contributed by atoms with Crippen LogP contribution in [-0.2, 0) is 16.1 Å². The Morgan fingerprint density at radius 1 is 1.55 bits per heavy atom. The van der Waals surface area contributed by atoms with E-state index in [2.05, 4.69) is 10.3 Å². The molecule has 0 amide bonds. The first-order valence-corrected chi connectivity index (χ1v) is 7.52. The topological polar surface area (TPSA) is 64.4 Å². The van der Waals surface area contributed by atoms with Crippen molar-refractivity contribution >= 4 is 17.3 Å². The van der Waals surface area contributed by atoms with Crippen molar-refractivity contribution in [3.8, 4) is 10.8 Å². The second-order valence-electron chi connectivity index (χ2n) is 4.21. The summed E-state index contributed by atoms with van der Waals surface area (Å²) in [6.45, 7) is 3.64. The summed E-state index contributed by atoms with van der Waals surface area (Å²) in [5, 5.41) is 5.22. The molecule has 108 valence electrons. The molecule has 0 aliphatic carbocycles. The van der Waals surface area contributed by atoms with E-state index in [1.807, 2.05) is 24.4 Å². The van der Waals surface area contributed by atoms with Crippen molar-refractivity contribution < 1.29 is 13.9 Å². The molecule has 0 aliphatic rings. The summed E-state index contributed by atoms with van der Waals surface area (Å²) in [6, 6.07) is 3.95. The van der Waals surface area contributed by atoms with Crippen LogP contribution in [0.4, 0.5) is 0 Å². The lowest BCUT2D eigenvalue weighted by Gasteiger charge is -2.02. The number of oxazole rings is 1. The summed E-state index contributed by atoms with van der Waals surface area (Å²) in [4.78, 5) is 16.6. The lowest BCUT2D eigenvalue weighted by Crippen LogP contribution is -2.16. The summed E-state index contributed by atoms with van der Waals surface area (Å²) in [5.74, 6) is 0.513. The van der Waals surface area contributed by atoms with E-state index in [-0.39, 0.29) is 5.97 Å². The van der Waals surface area contributed by atoms with Gasteiger partial charge in [0.15, 0.2) is 0 Å². The average molecular weight is 294 g/mol. The Hall–Kier alpha value is -1.66. The van der Waals surface area contributed by atoms with E-state index in [1.54, 1.807) is 17.6 Å². The SMILES string of the molecule is CCOC(=O)CCCNCc1coc(-c2cccs2)n1. The van der Waals surface area contributed by atoms with Crippen LogP contribution in [0, 0.1) is 0 Å². The summed E-state index contributed by atoms with van der Waals surface area (Å²) in [6.07, 6.45) is 2.86. The molecule has 0 aliphatic heterocycles. The Bertz CT molecular complexity index is 522. The smallest absolute Gasteiger partial charge is 0.305 e. The first-order valence-electron chi connectivity index (χ1n) is 6.64. The third-order valence-corrected chi connectivity index (χ3v) is 3.49. The summed E-state index contributed by atoms with van der Waals surface area (Å²) >= 11 is 1.60. The van der Waals surface area contributed by atoms with E-state index in [1.165, 1.54) is 0 Å².